The van der Waals surface area contributed by atoms with Crippen molar-refractivity contribution < 1.29 is 0 Å². The third-order valence-electron chi connectivity index (χ3n) is 4.90. The van der Waals surface area contributed by atoms with E-state index in [-0.39, 0.29) is 0 Å². The van der Waals surface area contributed by atoms with Gasteiger partial charge in [0.2, 0.25) is 0 Å². The van der Waals surface area contributed by atoms with Gasteiger partial charge in [-0.15, -0.1) is 0 Å². The molecular formula is C16H29N3. The summed E-state index contributed by atoms with van der Waals surface area (Å²) in [5.41, 5.74) is 0. The van der Waals surface area contributed by atoms with Crippen molar-refractivity contribution in [1.82, 2.24) is 10.2 Å². The fourth-order valence-corrected chi connectivity index (χ4v) is 3.70. The van der Waals surface area contributed by atoms with Crippen LogP contribution >= 0.6 is 0 Å². The van der Waals surface area contributed by atoms with Crippen molar-refractivity contribution in [2.75, 3.05) is 26.2 Å². The molecule has 19 heavy (non-hydrogen) atoms. The Hall–Kier alpha value is -0.590. The van der Waals surface area contributed by atoms with Gasteiger partial charge in [0.25, 0.3) is 0 Å². The lowest BCUT2D eigenvalue weighted by Crippen LogP contribution is -2.50. The molecule has 0 aromatic rings. The maximum Gasteiger partial charge on any atom is 0.0866 e. The molecule has 2 unspecified atom stereocenters. The van der Waals surface area contributed by atoms with Crippen LogP contribution in [0, 0.1) is 23.2 Å². The highest BCUT2D eigenvalue weighted by molar-refractivity contribution is 4.88. The Morgan fingerprint density at radius 3 is 2.63 bits per heavy atom. The number of nitrogens with one attached hydrogen (secondary N) is 1. The quantitative estimate of drug-likeness (QED) is 0.775. The molecule has 1 heterocycles. The summed E-state index contributed by atoms with van der Waals surface area (Å²) < 4.78 is 0. The van der Waals surface area contributed by atoms with E-state index in [0.29, 0.717) is 12.6 Å². The Kier molecular flexibility index (Phi) is 6.13. The van der Waals surface area contributed by atoms with Crippen molar-refractivity contribution in [1.29, 1.82) is 5.26 Å². The van der Waals surface area contributed by atoms with Crippen LogP contribution in [0.25, 0.3) is 0 Å². The van der Waals surface area contributed by atoms with Crippen LogP contribution in [0.3, 0.4) is 0 Å². The van der Waals surface area contributed by atoms with Gasteiger partial charge in [0, 0.05) is 19.1 Å². The van der Waals surface area contributed by atoms with Crippen LogP contribution in [-0.2, 0) is 0 Å². The first-order chi connectivity index (χ1) is 9.31. The number of likely N-dealkylation sites (tertiary alicyclic amines) is 1. The minimum Gasteiger partial charge on any atom is -0.312 e. The smallest absolute Gasteiger partial charge is 0.0866 e. The molecule has 0 amide bonds. The Labute approximate surface area is 118 Å². The number of rotatable bonds is 5. The van der Waals surface area contributed by atoms with Crippen LogP contribution in [0.2, 0.25) is 0 Å². The molecule has 0 radical (unpaired) electrons. The molecule has 2 aliphatic rings. The van der Waals surface area contributed by atoms with Crippen molar-refractivity contribution in [3.05, 3.63) is 0 Å². The largest absolute Gasteiger partial charge is 0.312 e. The standard InChI is InChI=1S/C16H29N3/c1-2-14-10-16(13-19(12-14)9-8-17)18-11-15-6-4-3-5-7-15/h14-16,18H,2-7,9-13H2,1H3. The summed E-state index contributed by atoms with van der Waals surface area (Å²) in [7, 11) is 0. The second-order valence-electron chi connectivity index (χ2n) is 6.47. The lowest BCUT2D eigenvalue weighted by atomic mass is 9.88. The summed E-state index contributed by atoms with van der Waals surface area (Å²) in [5, 5.41) is 12.7. The summed E-state index contributed by atoms with van der Waals surface area (Å²) in [6.07, 6.45) is 9.66. The van der Waals surface area contributed by atoms with E-state index < -0.39 is 0 Å². The summed E-state index contributed by atoms with van der Waals surface area (Å²) in [6, 6.07) is 2.91. The van der Waals surface area contributed by atoms with Crippen LogP contribution in [-0.4, -0.2) is 37.1 Å². The van der Waals surface area contributed by atoms with Gasteiger partial charge < -0.3 is 5.32 Å². The van der Waals surface area contributed by atoms with Crippen LogP contribution < -0.4 is 5.32 Å². The molecule has 1 aliphatic carbocycles. The fraction of sp³-hybridized carbons (Fsp3) is 0.938. The third-order valence-corrected chi connectivity index (χ3v) is 4.90. The van der Waals surface area contributed by atoms with Gasteiger partial charge in [0.05, 0.1) is 12.6 Å². The first-order valence-corrected chi connectivity index (χ1v) is 8.14. The Morgan fingerprint density at radius 1 is 1.16 bits per heavy atom. The molecule has 108 valence electrons. The SMILES string of the molecule is CCC1CC(NCC2CCCCC2)CN(CC#N)C1. The predicted molar refractivity (Wildman–Crippen MR) is 78.8 cm³/mol. The van der Waals surface area contributed by atoms with Gasteiger partial charge in [0.1, 0.15) is 0 Å². The van der Waals surface area contributed by atoms with Crippen molar-refractivity contribution in [3.8, 4) is 6.07 Å². The van der Waals surface area contributed by atoms with Gasteiger partial charge in [-0.3, -0.25) is 4.90 Å². The molecule has 3 nitrogen and oxygen atoms in total. The number of nitriles is 1. The van der Waals surface area contributed by atoms with Crippen LogP contribution in [0.15, 0.2) is 0 Å². The molecule has 2 fully saturated rings. The molecular weight excluding hydrogens is 234 g/mol. The molecule has 0 bridgehead atoms. The Bertz CT molecular complexity index is 291. The third kappa shape index (κ3) is 4.78. The number of piperidine rings is 1. The van der Waals surface area contributed by atoms with Gasteiger partial charge in [0.15, 0.2) is 0 Å². The molecule has 0 spiro atoms. The van der Waals surface area contributed by atoms with Crippen LogP contribution in [0.1, 0.15) is 51.9 Å². The topological polar surface area (TPSA) is 39.1 Å². The highest BCUT2D eigenvalue weighted by Gasteiger charge is 2.26. The second-order valence-corrected chi connectivity index (χ2v) is 6.47. The molecule has 0 aromatic heterocycles. The zero-order valence-electron chi connectivity index (χ0n) is 12.4. The average Bonchev–Trinajstić information content (AvgIpc) is 2.46. The first-order valence-electron chi connectivity index (χ1n) is 8.14. The summed E-state index contributed by atoms with van der Waals surface area (Å²) in [5.74, 6) is 1.67. The Balaban J connectivity index is 1.76. The van der Waals surface area contributed by atoms with E-state index in [1.807, 2.05) is 0 Å². The van der Waals surface area contributed by atoms with Crippen LogP contribution in [0.4, 0.5) is 0 Å². The molecule has 1 saturated heterocycles. The van der Waals surface area contributed by atoms with E-state index in [0.717, 1.165) is 24.9 Å². The van der Waals surface area contributed by atoms with E-state index in [4.69, 9.17) is 5.26 Å². The van der Waals surface area contributed by atoms with Crippen molar-refractivity contribution in [3.63, 3.8) is 0 Å². The van der Waals surface area contributed by atoms with E-state index >= 15 is 0 Å². The van der Waals surface area contributed by atoms with Crippen molar-refractivity contribution >= 4 is 0 Å². The Morgan fingerprint density at radius 2 is 1.95 bits per heavy atom. The number of hydrogen-bond acceptors (Lipinski definition) is 3. The lowest BCUT2D eigenvalue weighted by Gasteiger charge is -2.37. The van der Waals surface area contributed by atoms with Crippen molar-refractivity contribution in [2.45, 2.75) is 57.9 Å². The van der Waals surface area contributed by atoms with E-state index in [2.05, 4.69) is 23.2 Å². The van der Waals surface area contributed by atoms with Crippen molar-refractivity contribution in [2.24, 2.45) is 11.8 Å². The molecule has 1 saturated carbocycles. The van der Waals surface area contributed by atoms with E-state index in [9.17, 15) is 0 Å². The molecule has 0 aromatic carbocycles. The molecule has 2 rings (SSSR count). The monoisotopic (exact) mass is 263 g/mol. The minimum absolute atomic E-state index is 0.595. The molecule has 1 N–H and O–H groups in total. The second kappa shape index (κ2) is 7.87. The highest BCUT2D eigenvalue weighted by atomic mass is 15.2. The van der Waals surface area contributed by atoms with Gasteiger partial charge >= 0.3 is 0 Å². The average molecular weight is 263 g/mol. The summed E-state index contributed by atoms with van der Waals surface area (Å²) in [6.45, 7) is 6.25. The van der Waals surface area contributed by atoms with Gasteiger partial charge in [-0.2, -0.15) is 5.26 Å². The first kappa shape index (κ1) is 14.8. The number of hydrogen-bond donors (Lipinski definition) is 1. The maximum absolute atomic E-state index is 8.89. The van der Waals surface area contributed by atoms with Gasteiger partial charge in [-0.05, 0) is 37.6 Å². The number of nitrogens with zero attached hydrogens (tertiary/aromatic N) is 2. The fourth-order valence-electron chi connectivity index (χ4n) is 3.70. The normalized spacial score (nSPS) is 30.1. The maximum atomic E-state index is 8.89. The predicted octanol–water partition coefficient (Wildman–Crippen LogP) is 2.78. The zero-order chi connectivity index (χ0) is 13.5. The van der Waals surface area contributed by atoms with Gasteiger partial charge in [-0.25, -0.2) is 0 Å². The minimum atomic E-state index is 0.595. The van der Waals surface area contributed by atoms with E-state index in [1.54, 1.807) is 0 Å². The summed E-state index contributed by atoms with van der Waals surface area (Å²) >= 11 is 0. The lowest BCUT2D eigenvalue weighted by molar-refractivity contribution is 0.148. The molecule has 1 aliphatic heterocycles. The summed E-state index contributed by atoms with van der Waals surface area (Å²) in [4.78, 5) is 2.33. The highest BCUT2D eigenvalue weighted by Crippen LogP contribution is 2.24. The van der Waals surface area contributed by atoms with E-state index in [1.165, 1.54) is 51.5 Å². The van der Waals surface area contributed by atoms with Gasteiger partial charge in [-0.1, -0.05) is 32.6 Å². The molecule has 3 heteroatoms. The zero-order valence-corrected chi connectivity index (χ0v) is 12.4. The molecule has 2 atom stereocenters. The van der Waals surface area contributed by atoms with Crippen LogP contribution in [0.5, 0.6) is 0 Å².